The molecule has 3 rings (SSSR count). The van der Waals surface area contributed by atoms with E-state index in [4.69, 9.17) is 16.3 Å². The monoisotopic (exact) mass is 400 g/mol. The van der Waals surface area contributed by atoms with E-state index in [-0.39, 0.29) is 0 Å². The van der Waals surface area contributed by atoms with Gasteiger partial charge in [-0.3, -0.25) is 4.90 Å². The highest BCUT2D eigenvalue weighted by Gasteiger charge is 2.08. The van der Waals surface area contributed by atoms with E-state index in [1.807, 2.05) is 19.2 Å². The fourth-order valence-corrected chi connectivity index (χ4v) is 3.97. The van der Waals surface area contributed by atoms with Gasteiger partial charge in [0, 0.05) is 53.0 Å². The van der Waals surface area contributed by atoms with Gasteiger partial charge in [0.25, 0.3) is 0 Å². The molecule has 0 amide bonds. The quantitative estimate of drug-likeness (QED) is 0.731. The number of halogens is 1. The molecule has 142 valence electrons. The second-order valence-corrected chi connectivity index (χ2v) is 7.97. The second-order valence-electron chi connectivity index (χ2n) is 6.41. The summed E-state index contributed by atoms with van der Waals surface area (Å²) >= 11 is 7.74. The van der Waals surface area contributed by atoms with Crippen LogP contribution in [0.25, 0.3) is 0 Å². The van der Waals surface area contributed by atoms with Crippen LogP contribution in [0.1, 0.15) is 17.5 Å². The number of ether oxygens (including phenoxy) is 1. The van der Waals surface area contributed by atoms with E-state index in [1.165, 1.54) is 15.4 Å². The lowest BCUT2D eigenvalue weighted by Gasteiger charge is -2.25. The second kappa shape index (κ2) is 10.8. The zero-order chi connectivity index (χ0) is 18.9. The SMILES string of the molecule is CNCc1cc(C#CCCN2CCOCC2)ccc1Sc1ccc(Cl)cc1. The van der Waals surface area contributed by atoms with Crippen molar-refractivity contribution in [2.45, 2.75) is 22.8 Å². The normalized spacial score (nSPS) is 14.6. The summed E-state index contributed by atoms with van der Waals surface area (Å²) in [7, 11) is 1.97. The highest BCUT2D eigenvalue weighted by molar-refractivity contribution is 7.99. The maximum Gasteiger partial charge on any atom is 0.0594 e. The molecule has 0 unspecified atom stereocenters. The van der Waals surface area contributed by atoms with Gasteiger partial charge in [-0.2, -0.15) is 0 Å². The van der Waals surface area contributed by atoms with Gasteiger partial charge >= 0.3 is 0 Å². The molecule has 0 bridgehead atoms. The summed E-state index contributed by atoms with van der Waals surface area (Å²) in [4.78, 5) is 4.84. The van der Waals surface area contributed by atoms with Crippen LogP contribution in [-0.4, -0.2) is 44.8 Å². The molecule has 0 aromatic heterocycles. The van der Waals surface area contributed by atoms with Crippen molar-refractivity contribution < 1.29 is 4.74 Å². The predicted octanol–water partition coefficient (Wildman–Crippen LogP) is 4.28. The Balaban J connectivity index is 1.64. The topological polar surface area (TPSA) is 24.5 Å². The average Bonchev–Trinajstić information content (AvgIpc) is 2.70. The Morgan fingerprint density at radius 1 is 1.15 bits per heavy atom. The molecule has 1 N–H and O–H groups in total. The Kier molecular flexibility index (Phi) is 8.07. The minimum atomic E-state index is 0.762. The molecule has 0 radical (unpaired) electrons. The molecular formula is C22H25ClN2OS. The number of hydrogen-bond acceptors (Lipinski definition) is 4. The Labute approximate surface area is 171 Å². The number of nitrogens with zero attached hydrogens (tertiary/aromatic N) is 1. The molecule has 1 saturated heterocycles. The summed E-state index contributed by atoms with van der Waals surface area (Å²) in [5, 5.41) is 4.02. The summed E-state index contributed by atoms with van der Waals surface area (Å²) in [6.45, 7) is 5.56. The summed E-state index contributed by atoms with van der Waals surface area (Å²) in [5.74, 6) is 6.64. The van der Waals surface area contributed by atoms with E-state index >= 15 is 0 Å². The summed E-state index contributed by atoms with van der Waals surface area (Å²) in [6.07, 6.45) is 0.892. The number of nitrogens with one attached hydrogen (secondary N) is 1. The van der Waals surface area contributed by atoms with Gasteiger partial charge in [0.05, 0.1) is 13.2 Å². The molecule has 1 heterocycles. The van der Waals surface area contributed by atoms with Crippen molar-refractivity contribution in [2.75, 3.05) is 39.9 Å². The third-order valence-electron chi connectivity index (χ3n) is 4.36. The maximum atomic E-state index is 5.98. The Morgan fingerprint density at radius 2 is 1.93 bits per heavy atom. The van der Waals surface area contributed by atoms with Crippen LogP contribution < -0.4 is 5.32 Å². The first-order chi connectivity index (χ1) is 13.2. The van der Waals surface area contributed by atoms with E-state index in [2.05, 4.69) is 52.4 Å². The van der Waals surface area contributed by atoms with Crippen molar-refractivity contribution in [3.63, 3.8) is 0 Å². The molecule has 0 aliphatic carbocycles. The molecule has 3 nitrogen and oxygen atoms in total. The highest BCUT2D eigenvalue weighted by Crippen LogP contribution is 2.31. The van der Waals surface area contributed by atoms with E-state index < -0.39 is 0 Å². The van der Waals surface area contributed by atoms with Gasteiger partial charge in [0.15, 0.2) is 0 Å². The average molecular weight is 401 g/mol. The van der Waals surface area contributed by atoms with Gasteiger partial charge in [-0.1, -0.05) is 35.2 Å². The van der Waals surface area contributed by atoms with Crippen LogP contribution in [0, 0.1) is 11.8 Å². The van der Waals surface area contributed by atoms with Crippen LogP contribution in [0.5, 0.6) is 0 Å². The highest BCUT2D eigenvalue weighted by atomic mass is 35.5. The first kappa shape index (κ1) is 20.3. The van der Waals surface area contributed by atoms with Crippen molar-refractivity contribution in [3.05, 3.63) is 58.6 Å². The third-order valence-corrected chi connectivity index (χ3v) is 5.74. The minimum Gasteiger partial charge on any atom is -0.379 e. The van der Waals surface area contributed by atoms with E-state index in [0.717, 1.165) is 56.4 Å². The summed E-state index contributed by atoms with van der Waals surface area (Å²) in [6, 6.07) is 14.4. The standard InChI is InChI=1S/C22H25ClN2OS/c1-24-17-19-16-18(4-2-3-11-25-12-14-26-15-13-25)5-10-22(19)27-21-8-6-20(23)7-9-21/h5-10,16,24H,3,11-15,17H2,1H3. The smallest absolute Gasteiger partial charge is 0.0594 e. The molecule has 0 saturated carbocycles. The van der Waals surface area contributed by atoms with Gasteiger partial charge in [-0.25, -0.2) is 0 Å². The molecule has 0 spiro atoms. The van der Waals surface area contributed by atoms with Gasteiger partial charge in [-0.15, -0.1) is 0 Å². The van der Waals surface area contributed by atoms with Crippen LogP contribution >= 0.6 is 23.4 Å². The van der Waals surface area contributed by atoms with Crippen molar-refractivity contribution >= 4 is 23.4 Å². The van der Waals surface area contributed by atoms with Crippen LogP contribution in [0.4, 0.5) is 0 Å². The van der Waals surface area contributed by atoms with Gasteiger partial charge in [0.2, 0.25) is 0 Å². The Hall–Kier alpha value is -1.48. The lowest BCUT2D eigenvalue weighted by Crippen LogP contribution is -2.36. The fraction of sp³-hybridized carbons (Fsp3) is 0.364. The van der Waals surface area contributed by atoms with Crippen molar-refractivity contribution in [1.29, 1.82) is 0 Å². The predicted molar refractivity (Wildman–Crippen MR) is 114 cm³/mol. The third kappa shape index (κ3) is 6.57. The first-order valence-electron chi connectivity index (χ1n) is 9.24. The molecule has 1 fully saturated rings. The largest absolute Gasteiger partial charge is 0.379 e. The van der Waals surface area contributed by atoms with Gasteiger partial charge in [-0.05, 0) is 55.1 Å². The van der Waals surface area contributed by atoms with E-state index in [0.29, 0.717) is 0 Å². The molecule has 1 aliphatic heterocycles. The zero-order valence-corrected chi connectivity index (χ0v) is 17.2. The van der Waals surface area contributed by atoms with Crippen LogP contribution in [0.3, 0.4) is 0 Å². The number of morpholine rings is 1. The Morgan fingerprint density at radius 3 is 2.67 bits per heavy atom. The number of benzene rings is 2. The lowest BCUT2D eigenvalue weighted by molar-refractivity contribution is 0.0390. The van der Waals surface area contributed by atoms with Crippen molar-refractivity contribution in [2.24, 2.45) is 0 Å². The van der Waals surface area contributed by atoms with Crippen LogP contribution in [0.2, 0.25) is 5.02 Å². The van der Waals surface area contributed by atoms with Gasteiger partial charge < -0.3 is 10.1 Å². The van der Waals surface area contributed by atoms with Crippen molar-refractivity contribution in [1.82, 2.24) is 10.2 Å². The molecule has 2 aromatic rings. The van der Waals surface area contributed by atoms with Crippen LogP contribution in [0.15, 0.2) is 52.3 Å². The maximum absolute atomic E-state index is 5.98. The number of rotatable bonds is 6. The molecule has 27 heavy (non-hydrogen) atoms. The molecule has 0 atom stereocenters. The van der Waals surface area contributed by atoms with Crippen molar-refractivity contribution in [3.8, 4) is 11.8 Å². The molecule has 1 aliphatic rings. The lowest BCUT2D eigenvalue weighted by atomic mass is 10.1. The van der Waals surface area contributed by atoms with Gasteiger partial charge in [0.1, 0.15) is 0 Å². The summed E-state index contributed by atoms with van der Waals surface area (Å²) in [5.41, 5.74) is 2.33. The van der Waals surface area contributed by atoms with E-state index in [9.17, 15) is 0 Å². The van der Waals surface area contributed by atoms with E-state index in [1.54, 1.807) is 11.8 Å². The molecular weight excluding hydrogens is 376 g/mol. The molecule has 2 aromatic carbocycles. The zero-order valence-electron chi connectivity index (χ0n) is 15.6. The number of hydrogen-bond donors (Lipinski definition) is 1. The first-order valence-corrected chi connectivity index (χ1v) is 10.4. The Bertz CT molecular complexity index is 792. The molecule has 5 heteroatoms. The fourth-order valence-electron chi connectivity index (χ4n) is 2.92. The minimum absolute atomic E-state index is 0.762. The van der Waals surface area contributed by atoms with Crippen LogP contribution in [-0.2, 0) is 11.3 Å². The summed E-state index contributed by atoms with van der Waals surface area (Å²) < 4.78 is 5.38.